The Morgan fingerprint density at radius 1 is 1.24 bits per heavy atom. The van der Waals surface area contributed by atoms with Crippen molar-refractivity contribution in [3.8, 4) is 0 Å². The summed E-state index contributed by atoms with van der Waals surface area (Å²) in [7, 11) is 0. The van der Waals surface area contributed by atoms with Crippen molar-refractivity contribution in [2.24, 2.45) is 5.92 Å². The van der Waals surface area contributed by atoms with Gasteiger partial charge in [-0.3, -0.25) is 4.98 Å². The first-order chi connectivity index (χ1) is 8.31. The molecule has 0 amide bonds. The molecule has 1 aromatic rings. The normalized spacial score (nSPS) is 31.8. The molecule has 0 aromatic carbocycles. The van der Waals surface area contributed by atoms with Crippen LogP contribution in [0.25, 0.3) is 0 Å². The molecule has 1 saturated heterocycles. The number of aliphatic hydroxyl groups excluding tert-OH is 1. The van der Waals surface area contributed by atoms with Crippen molar-refractivity contribution in [1.82, 2.24) is 4.98 Å². The van der Waals surface area contributed by atoms with E-state index in [2.05, 4.69) is 11.1 Å². The summed E-state index contributed by atoms with van der Waals surface area (Å²) in [5.74, 6) is 0.642. The van der Waals surface area contributed by atoms with E-state index < -0.39 is 0 Å². The maximum Gasteiger partial charge on any atom is 0.0588 e. The van der Waals surface area contributed by atoms with E-state index >= 15 is 0 Å². The minimum atomic E-state index is -0.0850. The first kappa shape index (κ1) is 11.2. The van der Waals surface area contributed by atoms with Crippen molar-refractivity contribution in [2.45, 2.75) is 37.2 Å². The monoisotopic (exact) mass is 233 g/mol. The molecule has 1 aromatic heterocycles. The fourth-order valence-corrected chi connectivity index (χ4v) is 3.25. The smallest absolute Gasteiger partial charge is 0.0588 e. The predicted molar refractivity (Wildman–Crippen MR) is 64.7 cm³/mol. The largest absolute Gasteiger partial charge is 0.393 e. The highest BCUT2D eigenvalue weighted by Crippen LogP contribution is 2.45. The number of nitrogens with zero attached hydrogens (tertiary/aromatic N) is 1. The second kappa shape index (κ2) is 4.39. The molecule has 2 heterocycles. The molecule has 1 N–H and O–H groups in total. The number of pyridine rings is 1. The molecule has 1 saturated carbocycles. The number of ether oxygens (including phenoxy) is 1. The first-order valence-electron chi connectivity index (χ1n) is 6.47. The number of hydrogen-bond acceptors (Lipinski definition) is 3. The second-order valence-corrected chi connectivity index (χ2v) is 5.40. The molecule has 2 fully saturated rings. The van der Waals surface area contributed by atoms with Crippen LogP contribution in [0.4, 0.5) is 0 Å². The van der Waals surface area contributed by atoms with Gasteiger partial charge in [-0.05, 0) is 43.2 Å². The van der Waals surface area contributed by atoms with Crippen LogP contribution in [0, 0.1) is 5.92 Å². The highest BCUT2D eigenvalue weighted by molar-refractivity contribution is 5.26. The van der Waals surface area contributed by atoms with E-state index in [0.717, 1.165) is 38.9 Å². The summed E-state index contributed by atoms with van der Waals surface area (Å²) in [4.78, 5) is 4.24. The fourth-order valence-electron chi connectivity index (χ4n) is 3.25. The Morgan fingerprint density at radius 2 is 2.00 bits per heavy atom. The number of aliphatic hydroxyl groups is 1. The zero-order chi connectivity index (χ0) is 11.7. The summed E-state index contributed by atoms with van der Waals surface area (Å²) in [5.41, 5.74) is 1.49. The molecule has 1 aliphatic carbocycles. The van der Waals surface area contributed by atoms with Crippen LogP contribution < -0.4 is 0 Å². The standard InChI is InChI=1S/C14H19NO2/c16-13-5-3-11(4-6-13)14(9-17-10-14)12-2-1-7-15-8-12/h1-2,7-8,11,13,16H,3-6,9-10H2. The van der Waals surface area contributed by atoms with Crippen LogP contribution in [-0.4, -0.2) is 29.4 Å². The highest BCUT2D eigenvalue weighted by atomic mass is 16.5. The van der Waals surface area contributed by atoms with Gasteiger partial charge in [0.15, 0.2) is 0 Å². The third-order valence-electron chi connectivity index (χ3n) is 4.43. The molecular formula is C14H19NO2. The Morgan fingerprint density at radius 3 is 2.53 bits per heavy atom. The molecular weight excluding hydrogens is 214 g/mol. The maximum atomic E-state index is 9.61. The van der Waals surface area contributed by atoms with E-state index in [1.54, 1.807) is 0 Å². The van der Waals surface area contributed by atoms with E-state index in [9.17, 15) is 5.11 Å². The predicted octanol–water partition coefficient (Wildman–Crippen LogP) is 1.90. The zero-order valence-electron chi connectivity index (χ0n) is 10.0. The van der Waals surface area contributed by atoms with Gasteiger partial charge in [0, 0.05) is 17.8 Å². The topological polar surface area (TPSA) is 42.4 Å². The van der Waals surface area contributed by atoms with Crippen molar-refractivity contribution < 1.29 is 9.84 Å². The van der Waals surface area contributed by atoms with Crippen LogP contribution in [0.5, 0.6) is 0 Å². The van der Waals surface area contributed by atoms with Gasteiger partial charge in [-0.15, -0.1) is 0 Å². The van der Waals surface area contributed by atoms with Crippen LogP contribution in [0.2, 0.25) is 0 Å². The van der Waals surface area contributed by atoms with Crippen molar-refractivity contribution in [2.75, 3.05) is 13.2 Å². The fraction of sp³-hybridized carbons (Fsp3) is 0.643. The molecule has 3 nitrogen and oxygen atoms in total. The van der Waals surface area contributed by atoms with E-state index in [-0.39, 0.29) is 11.5 Å². The van der Waals surface area contributed by atoms with Crippen molar-refractivity contribution in [1.29, 1.82) is 0 Å². The lowest BCUT2D eigenvalue weighted by molar-refractivity contribution is -0.103. The van der Waals surface area contributed by atoms with Crippen molar-refractivity contribution >= 4 is 0 Å². The third-order valence-corrected chi connectivity index (χ3v) is 4.43. The van der Waals surface area contributed by atoms with Crippen LogP contribution in [0.3, 0.4) is 0 Å². The van der Waals surface area contributed by atoms with Crippen LogP contribution in [0.15, 0.2) is 24.5 Å². The van der Waals surface area contributed by atoms with Gasteiger partial charge in [-0.2, -0.15) is 0 Å². The lowest BCUT2D eigenvalue weighted by Gasteiger charge is -2.49. The van der Waals surface area contributed by atoms with Crippen LogP contribution in [0.1, 0.15) is 31.2 Å². The SMILES string of the molecule is OC1CCC(C2(c3cccnc3)COC2)CC1. The lowest BCUT2D eigenvalue weighted by atomic mass is 9.64. The minimum Gasteiger partial charge on any atom is -0.393 e. The molecule has 0 unspecified atom stereocenters. The van der Waals surface area contributed by atoms with Crippen molar-refractivity contribution in [3.63, 3.8) is 0 Å². The van der Waals surface area contributed by atoms with E-state index in [0.29, 0.717) is 5.92 Å². The van der Waals surface area contributed by atoms with Gasteiger partial charge in [0.2, 0.25) is 0 Å². The molecule has 17 heavy (non-hydrogen) atoms. The molecule has 3 rings (SSSR count). The average Bonchev–Trinajstić information content (AvgIpc) is 2.32. The molecule has 0 radical (unpaired) electrons. The second-order valence-electron chi connectivity index (χ2n) is 5.40. The Kier molecular flexibility index (Phi) is 2.89. The van der Waals surface area contributed by atoms with E-state index in [1.165, 1.54) is 5.56 Å². The molecule has 1 aliphatic heterocycles. The summed E-state index contributed by atoms with van der Waals surface area (Å²) in [6, 6.07) is 4.17. The van der Waals surface area contributed by atoms with Gasteiger partial charge in [0.05, 0.1) is 19.3 Å². The van der Waals surface area contributed by atoms with E-state index in [1.807, 2.05) is 18.5 Å². The zero-order valence-corrected chi connectivity index (χ0v) is 10.0. The van der Waals surface area contributed by atoms with Gasteiger partial charge in [-0.1, -0.05) is 6.07 Å². The summed E-state index contributed by atoms with van der Waals surface area (Å²) in [5, 5.41) is 9.61. The highest BCUT2D eigenvalue weighted by Gasteiger charge is 2.47. The Hall–Kier alpha value is -0.930. The van der Waals surface area contributed by atoms with Gasteiger partial charge < -0.3 is 9.84 Å². The number of hydrogen-bond donors (Lipinski definition) is 1. The summed E-state index contributed by atoms with van der Waals surface area (Å²) < 4.78 is 5.48. The van der Waals surface area contributed by atoms with Gasteiger partial charge >= 0.3 is 0 Å². The van der Waals surface area contributed by atoms with Crippen LogP contribution >= 0.6 is 0 Å². The van der Waals surface area contributed by atoms with Crippen LogP contribution in [-0.2, 0) is 10.2 Å². The lowest BCUT2D eigenvalue weighted by Crippen LogP contribution is -2.53. The molecule has 2 aliphatic rings. The molecule has 0 atom stereocenters. The molecule has 0 bridgehead atoms. The summed E-state index contributed by atoms with van der Waals surface area (Å²) in [6.45, 7) is 1.64. The molecule has 92 valence electrons. The Bertz CT molecular complexity index is 367. The number of aromatic nitrogens is 1. The first-order valence-corrected chi connectivity index (χ1v) is 6.47. The average molecular weight is 233 g/mol. The molecule has 3 heteroatoms. The summed E-state index contributed by atoms with van der Waals surface area (Å²) in [6.07, 6.45) is 7.81. The number of rotatable bonds is 2. The maximum absolute atomic E-state index is 9.61. The van der Waals surface area contributed by atoms with Gasteiger partial charge in [0.1, 0.15) is 0 Å². The van der Waals surface area contributed by atoms with Crippen molar-refractivity contribution in [3.05, 3.63) is 30.1 Å². The minimum absolute atomic E-state index is 0.0850. The molecule has 0 spiro atoms. The Labute approximate surface area is 102 Å². The quantitative estimate of drug-likeness (QED) is 0.848. The third kappa shape index (κ3) is 1.87. The van der Waals surface area contributed by atoms with Gasteiger partial charge in [-0.25, -0.2) is 0 Å². The van der Waals surface area contributed by atoms with E-state index in [4.69, 9.17) is 4.74 Å². The summed E-state index contributed by atoms with van der Waals surface area (Å²) >= 11 is 0. The Balaban J connectivity index is 1.83. The van der Waals surface area contributed by atoms with Gasteiger partial charge in [0.25, 0.3) is 0 Å².